The van der Waals surface area contributed by atoms with Crippen LogP contribution in [0.15, 0.2) is 48.8 Å². The summed E-state index contributed by atoms with van der Waals surface area (Å²) < 4.78 is 5.73. The van der Waals surface area contributed by atoms with Crippen molar-refractivity contribution >= 4 is 0 Å². The van der Waals surface area contributed by atoms with Crippen LogP contribution in [0.4, 0.5) is 0 Å². The monoisotopic (exact) mass is 242 g/mol. The molecule has 3 nitrogen and oxygen atoms in total. The highest BCUT2D eigenvalue weighted by molar-refractivity contribution is 5.29. The molecule has 2 aromatic rings. The van der Waals surface area contributed by atoms with Crippen molar-refractivity contribution in [2.45, 2.75) is 26.0 Å². The van der Waals surface area contributed by atoms with E-state index in [-0.39, 0.29) is 6.04 Å². The highest BCUT2D eigenvalue weighted by Gasteiger charge is 2.00. The van der Waals surface area contributed by atoms with E-state index >= 15 is 0 Å². The Morgan fingerprint density at radius 2 is 2.06 bits per heavy atom. The molecule has 1 heterocycles. The van der Waals surface area contributed by atoms with Crippen molar-refractivity contribution in [2.75, 3.05) is 0 Å². The van der Waals surface area contributed by atoms with Gasteiger partial charge in [-0.3, -0.25) is 4.98 Å². The maximum absolute atomic E-state index is 5.79. The van der Waals surface area contributed by atoms with E-state index in [4.69, 9.17) is 10.5 Å². The van der Waals surface area contributed by atoms with Crippen molar-refractivity contribution in [3.8, 4) is 5.75 Å². The van der Waals surface area contributed by atoms with Crippen molar-refractivity contribution in [1.29, 1.82) is 0 Å². The second kappa shape index (κ2) is 6.17. The zero-order chi connectivity index (χ0) is 12.8. The van der Waals surface area contributed by atoms with Crippen LogP contribution in [-0.4, -0.2) is 11.0 Å². The summed E-state index contributed by atoms with van der Waals surface area (Å²) in [6.45, 7) is 2.54. The summed E-state index contributed by atoms with van der Waals surface area (Å²) in [7, 11) is 0. The fourth-order valence-electron chi connectivity index (χ4n) is 1.78. The van der Waals surface area contributed by atoms with Gasteiger partial charge in [-0.05, 0) is 37.1 Å². The third kappa shape index (κ3) is 3.86. The molecule has 0 saturated heterocycles. The SMILES string of the molecule is CC(N)Cc1cccc(OCc2cccnc2)c1. The van der Waals surface area contributed by atoms with Crippen LogP contribution in [0, 0.1) is 0 Å². The minimum atomic E-state index is 0.165. The van der Waals surface area contributed by atoms with E-state index in [0.717, 1.165) is 17.7 Å². The zero-order valence-corrected chi connectivity index (χ0v) is 10.5. The third-order valence-electron chi connectivity index (χ3n) is 2.58. The molecule has 0 fully saturated rings. The first-order valence-electron chi connectivity index (χ1n) is 6.10. The molecule has 2 N–H and O–H groups in total. The van der Waals surface area contributed by atoms with Gasteiger partial charge in [0, 0.05) is 24.0 Å². The van der Waals surface area contributed by atoms with Gasteiger partial charge in [0.25, 0.3) is 0 Å². The van der Waals surface area contributed by atoms with Gasteiger partial charge in [0.2, 0.25) is 0 Å². The van der Waals surface area contributed by atoms with Gasteiger partial charge >= 0.3 is 0 Å². The second-order valence-corrected chi connectivity index (χ2v) is 4.48. The fourth-order valence-corrected chi connectivity index (χ4v) is 1.78. The average molecular weight is 242 g/mol. The lowest BCUT2D eigenvalue weighted by Gasteiger charge is -2.09. The van der Waals surface area contributed by atoms with Crippen molar-refractivity contribution in [1.82, 2.24) is 4.98 Å². The van der Waals surface area contributed by atoms with E-state index in [9.17, 15) is 0 Å². The number of nitrogens with zero attached hydrogens (tertiary/aromatic N) is 1. The Balaban J connectivity index is 1.97. The molecule has 0 aliphatic carbocycles. The van der Waals surface area contributed by atoms with E-state index in [2.05, 4.69) is 11.1 Å². The fraction of sp³-hybridized carbons (Fsp3) is 0.267. The van der Waals surface area contributed by atoms with Gasteiger partial charge < -0.3 is 10.5 Å². The summed E-state index contributed by atoms with van der Waals surface area (Å²) in [5, 5.41) is 0. The van der Waals surface area contributed by atoms with Crippen LogP contribution in [0.5, 0.6) is 5.75 Å². The second-order valence-electron chi connectivity index (χ2n) is 4.48. The Bertz CT molecular complexity index is 483. The van der Waals surface area contributed by atoms with Gasteiger partial charge in [-0.2, -0.15) is 0 Å². The van der Waals surface area contributed by atoms with Crippen LogP contribution < -0.4 is 10.5 Å². The van der Waals surface area contributed by atoms with Gasteiger partial charge in [0.15, 0.2) is 0 Å². The van der Waals surface area contributed by atoms with Gasteiger partial charge in [-0.1, -0.05) is 18.2 Å². The van der Waals surface area contributed by atoms with E-state index in [1.807, 2.05) is 43.5 Å². The van der Waals surface area contributed by atoms with Crippen molar-refractivity contribution in [2.24, 2.45) is 5.73 Å². The van der Waals surface area contributed by atoms with Gasteiger partial charge in [-0.25, -0.2) is 0 Å². The molecular formula is C15H18N2O. The molecule has 1 atom stereocenters. The predicted molar refractivity (Wildman–Crippen MR) is 72.4 cm³/mol. The summed E-state index contributed by atoms with van der Waals surface area (Å²) >= 11 is 0. The van der Waals surface area contributed by atoms with Crippen molar-refractivity contribution < 1.29 is 4.74 Å². The topological polar surface area (TPSA) is 48.1 Å². The van der Waals surface area contributed by atoms with E-state index in [0.29, 0.717) is 6.61 Å². The van der Waals surface area contributed by atoms with Crippen molar-refractivity contribution in [3.05, 3.63) is 59.9 Å². The van der Waals surface area contributed by atoms with Crippen LogP contribution in [0.2, 0.25) is 0 Å². The summed E-state index contributed by atoms with van der Waals surface area (Å²) in [5.74, 6) is 0.872. The Hall–Kier alpha value is -1.87. The van der Waals surface area contributed by atoms with Crippen LogP contribution in [0.25, 0.3) is 0 Å². The normalized spacial score (nSPS) is 12.1. The number of nitrogens with two attached hydrogens (primary N) is 1. The lowest BCUT2D eigenvalue weighted by atomic mass is 10.1. The maximum atomic E-state index is 5.79. The molecule has 1 unspecified atom stereocenters. The van der Waals surface area contributed by atoms with E-state index in [1.54, 1.807) is 6.20 Å². The molecule has 0 aliphatic heterocycles. The number of hydrogen-bond donors (Lipinski definition) is 1. The Morgan fingerprint density at radius 3 is 2.78 bits per heavy atom. The summed E-state index contributed by atoms with van der Waals surface area (Å²) in [6, 6.07) is 12.1. The summed E-state index contributed by atoms with van der Waals surface area (Å²) in [6.07, 6.45) is 4.43. The van der Waals surface area contributed by atoms with Gasteiger partial charge in [0.05, 0.1) is 0 Å². The number of pyridine rings is 1. The van der Waals surface area contributed by atoms with E-state index in [1.165, 1.54) is 5.56 Å². The first kappa shape index (κ1) is 12.6. The number of aromatic nitrogens is 1. The molecule has 3 heteroatoms. The molecular weight excluding hydrogens is 224 g/mol. The highest BCUT2D eigenvalue weighted by atomic mass is 16.5. The molecule has 0 aliphatic rings. The number of hydrogen-bond acceptors (Lipinski definition) is 3. The van der Waals surface area contributed by atoms with Gasteiger partial charge in [-0.15, -0.1) is 0 Å². The molecule has 0 radical (unpaired) electrons. The zero-order valence-electron chi connectivity index (χ0n) is 10.5. The lowest BCUT2D eigenvalue weighted by Crippen LogP contribution is -2.17. The molecule has 0 spiro atoms. The molecule has 0 bridgehead atoms. The Morgan fingerprint density at radius 1 is 1.22 bits per heavy atom. The smallest absolute Gasteiger partial charge is 0.120 e. The molecule has 0 saturated carbocycles. The summed E-state index contributed by atoms with van der Waals surface area (Å²) in [4.78, 5) is 4.06. The molecule has 0 amide bonds. The van der Waals surface area contributed by atoms with Gasteiger partial charge in [0.1, 0.15) is 12.4 Å². The van der Waals surface area contributed by atoms with Crippen LogP contribution >= 0.6 is 0 Å². The standard InChI is InChI=1S/C15H18N2O/c1-12(16)8-13-4-2-6-15(9-13)18-11-14-5-3-7-17-10-14/h2-7,9-10,12H,8,11,16H2,1H3. The average Bonchev–Trinajstić information content (AvgIpc) is 2.37. The molecule has 1 aromatic heterocycles. The Labute approximate surface area is 108 Å². The van der Waals surface area contributed by atoms with E-state index < -0.39 is 0 Å². The molecule has 94 valence electrons. The quantitative estimate of drug-likeness (QED) is 0.876. The molecule has 2 rings (SSSR count). The van der Waals surface area contributed by atoms with Crippen LogP contribution in [-0.2, 0) is 13.0 Å². The minimum Gasteiger partial charge on any atom is -0.489 e. The Kier molecular flexibility index (Phi) is 4.31. The predicted octanol–water partition coefficient (Wildman–Crippen LogP) is 2.55. The maximum Gasteiger partial charge on any atom is 0.120 e. The minimum absolute atomic E-state index is 0.165. The number of rotatable bonds is 5. The first-order chi connectivity index (χ1) is 8.74. The number of benzene rings is 1. The largest absolute Gasteiger partial charge is 0.489 e. The first-order valence-corrected chi connectivity index (χ1v) is 6.10. The van der Waals surface area contributed by atoms with Crippen LogP contribution in [0.3, 0.4) is 0 Å². The lowest BCUT2D eigenvalue weighted by molar-refractivity contribution is 0.305. The molecule has 1 aromatic carbocycles. The van der Waals surface area contributed by atoms with Crippen molar-refractivity contribution in [3.63, 3.8) is 0 Å². The number of ether oxygens (including phenoxy) is 1. The highest BCUT2D eigenvalue weighted by Crippen LogP contribution is 2.15. The summed E-state index contributed by atoms with van der Waals surface area (Å²) in [5.41, 5.74) is 8.06. The molecule has 18 heavy (non-hydrogen) atoms. The van der Waals surface area contributed by atoms with Crippen LogP contribution in [0.1, 0.15) is 18.1 Å². The third-order valence-corrected chi connectivity index (χ3v) is 2.58.